The lowest BCUT2D eigenvalue weighted by atomic mass is 9.65. The van der Waals surface area contributed by atoms with Crippen molar-refractivity contribution in [1.29, 1.82) is 0 Å². The maximum atomic E-state index is 13.4. The molecule has 0 bridgehead atoms. The van der Waals surface area contributed by atoms with Crippen LogP contribution in [0.1, 0.15) is 69.9 Å². The van der Waals surface area contributed by atoms with Gasteiger partial charge in [-0.3, -0.25) is 4.79 Å². The smallest absolute Gasteiger partial charge is 0.146 e. The second kappa shape index (κ2) is 8.73. The lowest BCUT2D eigenvalue weighted by Crippen LogP contribution is -2.40. The van der Waals surface area contributed by atoms with Crippen LogP contribution < -0.4 is 4.74 Å². The highest BCUT2D eigenvalue weighted by Crippen LogP contribution is 2.44. The Labute approximate surface area is 164 Å². The van der Waals surface area contributed by atoms with Crippen molar-refractivity contribution in [2.75, 3.05) is 0 Å². The molecule has 0 N–H and O–H groups in total. The number of benzene rings is 2. The van der Waals surface area contributed by atoms with Crippen LogP contribution in [0.25, 0.3) is 0 Å². The lowest BCUT2D eigenvalue weighted by molar-refractivity contribution is -0.133. The fourth-order valence-electron chi connectivity index (χ4n) is 4.38. The molecule has 0 saturated heterocycles. The van der Waals surface area contributed by atoms with Gasteiger partial charge in [-0.15, -0.1) is 0 Å². The molecule has 0 aliphatic heterocycles. The van der Waals surface area contributed by atoms with E-state index in [-0.39, 0.29) is 17.4 Å². The van der Waals surface area contributed by atoms with Gasteiger partial charge >= 0.3 is 0 Å². The van der Waals surface area contributed by atoms with Gasteiger partial charge in [-0.25, -0.2) is 0 Å². The van der Waals surface area contributed by atoms with Gasteiger partial charge in [0.2, 0.25) is 0 Å². The molecule has 2 aromatic rings. The highest BCUT2D eigenvalue weighted by Gasteiger charge is 2.42. The number of rotatable bonds is 7. The fourth-order valence-corrected chi connectivity index (χ4v) is 4.38. The van der Waals surface area contributed by atoms with E-state index in [0.717, 1.165) is 49.8 Å². The van der Waals surface area contributed by atoms with E-state index in [0.29, 0.717) is 5.78 Å². The maximum Gasteiger partial charge on any atom is 0.146 e. The first-order valence-electron chi connectivity index (χ1n) is 10.4. The van der Waals surface area contributed by atoms with Crippen LogP contribution >= 0.6 is 0 Å². The number of ketones is 1. The van der Waals surface area contributed by atoms with Crippen LogP contribution in [0.4, 0.5) is 0 Å². The molecular formula is C25H32O2. The molecule has 0 amide bonds. The minimum atomic E-state index is -0.195. The minimum absolute atomic E-state index is 0.0394. The van der Waals surface area contributed by atoms with Crippen LogP contribution in [-0.2, 0) is 11.2 Å². The van der Waals surface area contributed by atoms with Crippen molar-refractivity contribution in [3.63, 3.8) is 0 Å². The normalized spacial score (nSPS) is 23.6. The molecule has 0 heterocycles. The standard InChI is InChI=1S/C25H32O2/c1-4-20-11-13-21(14-12-20)19(3)24(26)25(5-2)17-15-23(16-18-25)27-22-9-7-6-8-10-22/h6-14,19,23H,4-5,15-18H2,1-3H3. The van der Waals surface area contributed by atoms with Gasteiger partial charge in [-0.05, 0) is 61.8 Å². The molecule has 1 fully saturated rings. The van der Waals surface area contributed by atoms with Crippen LogP contribution in [0.5, 0.6) is 5.75 Å². The van der Waals surface area contributed by atoms with Gasteiger partial charge in [0.05, 0.1) is 6.10 Å². The molecule has 0 radical (unpaired) electrons. The van der Waals surface area contributed by atoms with E-state index in [1.54, 1.807) is 0 Å². The molecular weight excluding hydrogens is 332 g/mol. The highest BCUT2D eigenvalue weighted by molar-refractivity contribution is 5.90. The van der Waals surface area contributed by atoms with E-state index in [1.165, 1.54) is 5.56 Å². The zero-order chi connectivity index (χ0) is 19.3. The molecule has 144 valence electrons. The van der Waals surface area contributed by atoms with Gasteiger partial charge in [0, 0.05) is 11.3 Å². The van der Waals surface area contributed by atoms with Gasteiger partial charge in [0.1, 0.15) is 11.5 Å². The summed E-state index contributed by atoms with van der Waals surface area (Å²) in [6, 6.07) is 18.6. The monoisotopic (exact) mass is 364 g/mol. The first kappa shape index (κ1) is 19.7. The molecule has 1 aliphatic carbocycles. The van der Waals surface area contributed by atoms with Crippen LogP contribution in [0, 0.1) is 5.41 Å². The number of carbonyl (C=O) groups is 1. The van der Waals surface area contributed by atoms with E-state index in [2.05, 4.69) is 45.0 Å². The topological polar surface area (TPSA) is 26.3 Å². The SMILES string of the molecule is CCc1ccc(C(C)C(=O)C2(CC)CCC(Oc3ccccc3)CC2)cc1. The molecule has 1 atom stereocenters. The summed E-state index contributed by atoms with van der Waals surface area (Å²) in [5, 5.41) is 0. The van der Waals surface area contributed by atoms with Gasteiger partial charge in [0.25, 0.3) is 0 Å². The molecule has 0 aromatic heterocycles. The summed E-state index contributed by atoms with van der Waals surface area (Å²) < 4.78 is 6.13. The number of ether oxygens (including phenoxy) is 1. The van der Waals surface area contributed by atoms with E-state index in [4.69, 9.17) is 4.74 Å². The fraction of sp³-hybridized carbons (Fsp3) is 0.480. The molecule has 27 heavy (non-hydrogen) atoms. The largest absolute Gasteiger partial charge is 0.490 e. The van der Waals surface area contributed by atoms with Crippen molar-refractivity contribution in [1.82, 2.24) is 0 Å². The maximum absolute atomic E-state index is 13.4. The Balaban J connectivity index is 1.65. The van der Waals surface area contributed by atoms with Gasteiger partial charge in [0.15, 0.2) is 0 Å². The second-order valence-electron chi connectivity index (χ2n) is 7.95. The average molecular weight is 365 g/mol. The summed E-state index contributed by atoms with van der Waals surface area (Å²) in [5.74, 6) is 1.30. The van der Waals surface area contributed by atoms with Crippen molar-refractivity contribution >= 4 is 5.78 Å². The average Bonchev–Trinajstić information content (AvgIpc) is 2.74. The summed E-state index contributed by atoms with van der Waals surface area (Å²) in [6.45, 7) is 6.40. The predicted molar refractivity (Wildman–Crippen MR) is 111 cm³/mol. The van der Waals surface area contributed by atoms with Crippen LogP contribution in [0.15, 0.2) is 54.6 Å². The van der Waals surface area contributed by atoms with Gasteiger partial charge in [-0.2, -0.15) is 0 Å². The lowest BCUT2D eigenvalue weighted by Gasteiger charge is -2.40. The Morgan fingerprint density at radius 1 is 1.04 bits per heavy atom. The Hall–Kier alpha value is -2.09. The van der Waals surface area contributed by atoms with Crippen LogP contribution in [0.2, 0.25) is 0 Å². The third-order valence-corrected chi connectivity index (χ3v) is 6.42. The van der Waals surface area contributed by atoms with E-state index in [1.807, 2.05) is 30.3 Å². The number of hydrogen-bond acceptors (Lipinski definition) is 2. The third kappa shape index (κ3) is 4.43. The van der Waals surface area contributed by atoms with Gasteiger partial charge in [-0.1, -0.05) is 63.2 Å². The van der Waals surface area contributed by atoms with Crippen molar-refractivity contribution in [3.05, 3.63) is 65.7 Å². The number of carbonyl (C=O) groups excluding carboxylic acids is 1. The molecule has 1 saturated carbocycles. The molecule has 1 unspecified atom stereocenters. The quantitative estimate of drug-likeness (QED) is 0.573. The summed E-state index contributed by atoms with van der Waals surface area (Å²) in [4.78, 5) is 13.4. The second-order valence-corrected chi connectivity index (χ2v) is 7.95. The van der Waals surface area contributed by atoms with Crippen molar-refractivity contribution in [2.24, 2.45) is 5.41 Å². The Morgan fingerprint density at radius 3 is 2.22 bits per heavy atom. The van der Waals surface area contributed by atoms with Crippen LogP contribution in [0.3, 0.4) is 0 Å². The van der Waals surface area contributed by atoms with E-state index in [9.17, 15) is 4.79 Å². The zero-order valence-corrected chi connectivity index (χ0v) is 16.9. The molecule has 0 spiro atoms. The molecule has 1 aliphatic rings. The predicted octanol–water partition coefficient (Wildman–Crippen LogP) is 6.34. The summed E-state index contributed by atoms with van der Waals surface area (Å²) in [5.41, 5.74) is 2.27. The van der Waals surface area contributed by atoms with Gasteiger partial charge < -0.3 is 4.74 Å². The third-order valence-electron chi connectivity index (χ3n) is 6.42. The molecule has 2 aromatic carbocycles. The Kier molecular flexibility index (Phi) is 6.36. The Morgan fingerprint density at radius 2 is 1.67 bits per heavy atom. The van der Waals surface area contributed by atoms with E-state index >= 15 is 0 Å². The zero-order valence-electron chi connectivity index (χ0n) is 16.9. The van der Waals surface area contributed by atoms with Crippen molar-refractivity contribution in [2.45, 2.75) is 71.3 Å². The number of Topliss-reactive ketones (excluding diaryl/α,β-unsaturated/α-hetero) is 1. The molecule has 2 nitrogen and oxygen atoms in total. The molecule has 2 heteroatoms. The summed E-state index contributed by atoms with van der Waals surface area (Å²) in [6.07, 6.45) is 5.94. The Bertz CT molecular complexity index is 725. The minimum Gasteiger partial charge on any atom is -0.490 e. The number of aryl methyl sites for hydroxylation is 1. The van der Waals surface area contributed by atoms with Crippen molar-refractivity contribution in [3.8, 4) is 5.75 Å². The van der Waals surface area contributed by atoms with E-state index < -0.39 is 0 Å². The summed E-state index contributed by atoms with van der Waals surface area (Å²) >= 11 is 0. The first-order chi connectivity index (χ1) is 13.1. The number of hydrogen-bond donors (Lipinski definition) is 0. The highest BCUT2D eigenvalue weighted by atomic mass is 16.5. The summed E-state index contributed by atoms with van der Waals surface area (Å²) in [7, 11) is 0. The number of para-hydroxylation sites is 1. The van der Waals surface area contributed by atoms with Crippen LogP contribution in [-0.4, -0.2) is 11.9 Å². The van der Waals surface area contributed by atoms with Crippen molar-refractivity contribution < 1.29 is 9.53 Å². The molecule has 3 rings (SSSR count). The first-order valence-corrected chi connectivity index (χ1v) is 10.4.